The molecule has 20 heavy (non-hydrogen) atoms. The van der Waals surface area contributed by atoms with Crippen LogP contribution in [0, 0.1) is 6.92 Å². The Morgan fingerprint density at radius 1 is 1.25 bits per heavy atom. The van der Waals surface area contributed by atoms with Crippen LogP contribution in [0.5, 0.6) is 0 Å². The molecule has 1 aromatic heterocycles. The van der Waals surface area contributed by atoms with Crippen LogP contribution in [0.4, 0.5) is 11.5 Å². The zero-order chi connectivity index (χ0) is 14.8. The number of aromatic nitrogens is 1. The fourth-order valence-corrected chi connectivity index (χ4v) is 3.48. The van der Waals surface area contributed by atoms with E-state index in [2.05, 4.69) is 31.0 Å². The van der Waals surface area contributed by atoms with Crippen LogP contribution in [-0.2, 0) is 10.0 Å². The third-order valence-electron chi connectivity index (χ3n) is 2.72. The standard InChI is InChI=1S/C13H14BrN3O2S/c1-9-7-10(14)8-16-13(9)17-20(18,19)12-6-4-3-5-11(12)15-2/h3-8,15H,1-2H3,(H,16,17). The molecule has 0 unspecified atom stereocenters. The van der Waals surface area contributed by atoms with Gasteiger partial charge in [-0.15, -0.1) is 0 Å². The Bertz CT molecular complexity index is 732. The lowest BCUT2D eigenvalue weighted by Gasteiger charge is -2.12. The van der Waals surface area contributed by atoms with Gasteiger partial charge in [-0.25, -0.2) is 13.4 Å². The van der Waals surface area contributed by atoms with Crippen molar-refractivity contribution in [1.29, 1.82) is 0 Å². The molecule has 2 aromatic rings. The number of anilines is 2. The molecule has 0 fully saturated rings. The van der Waals surface area contributed by atoms with Gasteiger partial charge in [0.15, 0.2) is 0 Å². The van der Waals surface area contributed by atoms with E-state index >= 15 is 0 Å². The van der Waals surface area contributed by atoms with Crippen LogP contribution in [0.2, 0.25) is 0 Å². The van der Waals surface area contributed by atoms with Crippen LogP contribution in [0.3, 0.4) is 0 Å². The fraction of sp³-hybridized carbons (Fsp3) is 0.154. The van der Waals surface area contributed by atoms with E-state index in [1.807, 2.05) is 0 Å². The average molecular weight is 356 g/mol. The molecule has 0 amide bonds. The smallest absolute Gasteiger partial charge is 0.265 e. The number of sulfonamides is 1. The van der Waals surface area contributed by atoms with E-state index in [-0.39, 0.29) is 4.90 Å². The number of pyridine rings is 1. The third kappa shape index (κ3) is 3.10. The molecule has 1 heterocycles. The predicted molar refractivity (Wildman–Crippen MR) is 83.5 cm³/mol. The zero-order valence-electron chi connectivity index (χ0n) is 11.0. The van der Waals surface area contributed by atoms with Crippen molar-refractivity contribution < 1.29 is 8.42 Å². The Hall–Kier alpha value is -1.60. The van der Waals surface area contributed by atoms with Gasteiger partial charge in [0.1, 0.15) is 10.7 Å². The summed E-state index contributed by atoms with van der Waals surface area (Å²) in [7, 11) is -2.00. The number of aryl methyl sites for hydroxylation is 1. The molecule has 106 valence electrons. The van der Waals surface area contributed by atoms with E-state index in [1.165, 1.54) is 0 Å². The van der Waals surface area contributed by atoms with E-state index in [9.17, 15) is 8.42 Å². The molecule has 0 radical (unpaired) electrons. The second-order valence-electron chi connectivity index (χ2n) is 4.17. The van der Waals surface area contributed by atoms with E-state index in [1.54, 1.807) is 50.5 Å². The Kier molecular flexibility index (Phi) is 4.29. The molecule has 5 nitrogen and oxygen atoms in total. The molecular formula is C13H14BrN3O2S. The molecule has 0 atom stereocenters. The highest BCUT2D eigenvalue weighted by atomic mass is 79.9. The highest BCUT2D eigenvalue weighted by Crippen LogP contribution is 2.24. The summed E-state index contributed by atoms with van der Waals surface area (Å²) in [5.74, 6) is 0.319. The number of nitrogens with one attached hydrogen (secondary N) is 2. The topological polar surface area (TPSA) is 71.1 Å². The summed E-state index contributed by atoms with van der Waals surface area (Å²) in [6, 6.07) is 8.50. The lowest BCUT2D eigenvalue weighted by Crippen LogP contribution is -2.16. The molecular weight excluding hydrogens is 342 g/mol. The first-order valence-corrected chi connectivity index (χ1v) is 8.13. The van der Waals surface area contributed by atoms with Gasteiger partial charge in [0.25, 0.3) is 10.0 Å². The summed E-state index contributed by atoms with van der Waals surface area (Å²) in [6.45, 7) is 1.79. The Labute approximate surface area is 126 Å². The fourth-order valence-electron chi connectivity index (χ4n) is 1.74. The lowest BCUT2D eigenvalue weighted by molar-refractivity contribution is 0.601. The highest BCUT2D eigenvalue weighted by Gasteiger charge is 2.19. The summed E-state index contributed by atoms with van der Waals surface area (Å²) >= 11 is 3.29. The quantitative estimate of drug-likeness (QED) is 0.884. The van der Waals surface area contributed by atoms with Crippen molar-refractivity contribution in [3.05, 3.63) is 46.6 Å². The maximum atomic E-state index is 12.4. The molecule has 2 rings (SSSR count). The zero-order valence-corrected chi connectivity index (χ0v) is 13.4. The number of rotatable bonds is 4. The largest absolute Gasteiger partial charge is 0.387 e. The van der Waals surface area contributed by atoms with E-state index < -0.39 is 10.0 Å². The van der Waals surface area contributed by atoms with Crippen molar-refractivity contribution in [2.45, 2.75) is 11.8 Å². The Morgan fingerprint density at radius 2 is 1.95 bits per heavy atom. The molecule has 0 saturated carbocycles. The third-order valence-corrected chi connectivity index (χ3v) is 4.55. The van der Waals surface area contributed by atoms with Gasteiger partial charge in [-0.2, -0.15) is 0 Å². The van der Waals surface area contributed by atoms with Gasteiger partial charge in [-0.3, -0.25) is 4.72 Å². The highest BCUT2D eigenvalue weighted by molar-refractivity contribution is 9.10. The molecule has 0 aliphatic rings. The predicted octanol–water partition coefficient (Wildman–Crippen LogP) is 3.00. The Morgan fingerprint density at radius 3 is 2.60 bits per heavy atom. The molecule has 7 heteroatoms. The lowest BCUT2D eigenvalue weighted by atomic mass is 10.3. The summed E-state index contributed by atoms with van der Waals surface area (Å²) in [6.07, 6.45) is 1.55. The first-order chi connectivity index (χ1) is 9.44. The van der Waals surface area contributed by atoms with E-state index in [0.717, 1.165) is 10.0 Å². The van der Waals surface area contributed by atoms with Gasteiger partial charge in [-0.1, -0.05) is 12.1 Å². The van der Waals surface area contributed by atoms with Crippen LogP contribution in [-0.4, -0.2) is 20.4 Å². The average Bonchev–Trinajstić information content (AvgIpc) is 2.42. The monoisotopic (exact) mass is 355 g/mol. The van der Waals surface area contributed by atoms with Crippen molar-refractivity contribution in [1.82, 2.24) is 4.98 Å². The normalized spacial score (nSPS) is 11.2. The van der Waals surface area contributed by atoms with Gasteiger partial charge in [0, 0.05) is 17.7 Å². The number of nitrogens with zero attached hydrogens (tertiary/aromatic N) is 1. The number of halogens is 1. The van der Waals surface area contributed by atoms with Gasteiger partial charge in [0.05, 0.1) is 5.69 Å². The van der Waals surface area contributed by atoms with Crippen molar-refractivity contribution in [2.24, 2.45) is 0 Å². The van der Waals surface area contributed by atoms with Crippen LogP contribution in [0.15, 0.2) is 45.9 Å². The van der Waals surface area contributed by atoms with E-state index in [0.29, 0.717) is 11.5 Å². The van der Waals surface area contributed by atoms with Crippen molar-refractivity contribution in [3.63, 3.8) is 0 Å². The summed E-state index contributed by atoms with van der Waals surface area (Å²) in [5.41, 5.74) is 1.28. The maximum Gasteiger partial charge on any atom is 0.265 e. The van der Waals surface area contributed by atoms with Gasteiger partial charge >= 0.3 is 0 Å². The summed E-state index contributed by atoms with van der Waals surface area (Å²) in [5, 5.41) is 2.86. The van der Waals surface area contributed by atoms with Gasteiger partial charge in [-0.05, 0) is 46.6 Å². The van der Waals surface area contributed by atoms with Crippen LogP contribution in [0.1, 0.15) is 5.56 Å². The molecule has 2 N–H and O–H groups in total. The minimum Gasteiger partial charge on any atom is -0.387 e. The maximum absolute atomic E-state index is 12.4. The minimum absolute atomic E-state index is 0.187. The molecule has 1 aromatic carbocycles. The molecule has 0 bridgehead atoms. The molecule has 0 saturated heterocycles. The molecule has 0 aliphatic carbocycles. The summed E-state index contributed by atoms with van der Waals surface area (Å²) < 4.78 is 28.1. The van der Waals surface area contributed by atoms with Crippen molar-refractivity contribution in [3.8, 4) is 0 Å². The van der Waals surface area contributed by atoms with E-state index in [4.69, 9.17) is 0 Å². The van der Waals surface area contributed by atoms with Gasteiger partial charge < -0.3 is 5.32 Å². The van der Waals surface area contributed by atoms with Crippen LogP contribution in [0.25, 0.3) is 0 Å². The summed E-state index contributed by atoms with van der Waals surface area (Å²) in [4.78, 5) is 4.27. The molecule has 0 aliphatic heterocycles. The van der Waals surface area contributed by atoms with Crippen LogP contribution >= 0.6 is 15.9 Å². The second kappa shape index (κ2) is 5.80. The van der Waals surface area contributed by atoms with Crippen molar-refractivity contribution in [2.75, 3.05) is 17.1 Å². The SMILES string of the molecule is CNc1ccccc1S(=O)(=O)Nc1ncc(Br)cc1C. The number of benzene rings is 1. The van der Waals surface area contributed by atoms with Gasteiger partial charge in [0.2, 0.25) is 0 Å². The number of hydrogen-bond acceptors (Lipinski definition) is 4. The first kappa shape index (κ1) is 14.8. The first-order valence-electron chi connectivity index (χ1n) is 5.86. The minimum atomic E-state index is -3.68. The second-order valence-corrected chi connectivity index (χ2v) is 6.74. The number of hydrogen-bond donors (Lipinski definition) is 2. The number of para-hydroxylation sites is 1. The molecule has 0 spiro atoms. The van der Waals surface area contributed by atoms with Crippen LogP contribution < -0.4 is 10.0 Å². The van der Waals surface area contributed by atoms with Crippen molar-refractivity contribution >= 4 is 37.5 Å². The Balaban J connectivity index is 2.41.